The molecule has 6 heteroatoms. The maximum Gasteiger partial charge on any atom is 0.321 e. The second kappa shape index (κ2) is 6.64. The molecule has 0 aliphatic carbocycles. The Bertz CT molecular complexity index is 216. The van der Waals surface area contributed by atoms with E-state index in [4.69, 9.17) is 4.55 Å². The highest BCUT2D eigenvalue weighted by molar-refractivity contribution is 8.70. The largest absolute Gasteiger partial charge is 0.321 e. The van der Waals surface area contributed by atoms with Crippen LogP contribution in [0, 0.1) is 0 Å². The quantitative estimate of drug-likeness (QED) is 0.299. The lowest BCUT2D eigenvalue weighted by Gasteiger charge is -2.12. The van der Waals surface area contributed by atoms with Crippen LogP contribution in [0.5, 0.6) is 0 Å². The van der Waals surface area contributed by atoms with Crippen LogP contribution in [-0.4, -0.2) is 25.4 Å². The first-order valence-corrected chi connectivity index (χ1v) is 7.16. The molecule has 0 amide bonds. The summed E-state index contributed by atoms with van der Waals surface area (Å²) in [5.74, 6) is 0. The highest BCUT2D eigenvalue weighted by atomic mass is 33.1. The Morgan fingerprint density at radius 1 is 1.46 bits per heavy atom. The lowest BCUT2D eigenvalue weighted by Crippen LogP contribution is -2.22. The second-order valence-corrected chi connectivity index (χ2v) is 6.26. The maximum atomic E-state index is 10.5. The minimum Gasteiger partial charge on any atom is -0.307 e. The fourth-order valence-electron chi connectivity index (χ4n) is 0.967. The summed E-state index contributed by atoms with van der Waals surface area (Å²) in [5, 5.41) is 2.63. The Morgan fingerprint density at radius 3 is 2.46 bits per heavy atom. The molecule has 0 aromatic rings. The molecule has 0 rings (SSSR count). The van der Waals surface area contributed by atoms with Crippen LogP contribution < -0.4 is 5.32 Å². The summed E-state index contributed by atoms with van der Waals surface area (Å²) >= 11 is 0. The molecular formula is C7H17NO3S2. The van der Waals surface area contributed by atoms with Gasteiger partial charge >= 0.3 is 9.15 Å². The lowest BCUT2D eigenvalue weighted by atomic mass is 10.2. The Kier molecular flexibility index (Phi) is 6.75. The summed E-state index contributed by atoms with van der Waals surface area (Å²) in [6.07, 6.45) is 3.93. The summed E-state index contributed by atoms with van der Waals surface area (Å²) in [5.41, 5.74) is 0. The van der Waals surface area contributed by atoms with Crippen molar-refractivity contribution in [3.8, 4) is 0 Å². The molecule has 0 aliphatic rings. The molecule has 0 aromatic carbocycles. The van der Waals surface area contributed by atoms with E-state index < -0.39 is 9.15 Å². The van der Waals surface area contributed by atoms with E-state index in [1.165, 1.54) is 0 Å². The van der Waals surface area contributed by atoms with Gasteiger partial charge in [-0.25, -0.2) is 0 Å². The molecule has 2 N–H and O–H groups in total. The van der Waals surface area contributed by atoms with Gasteiger partial charge in [-0.05, 0) is 13.5 Å². The first-order valence-electron chi connectivity index (χ1n) is 4.32. The third-order valence-corrected chi connectivity index (χ3v) is 4.00. The fraction of sp³-hybridized carbons (Fsp3) is 1.00. The Morgan fingerprint density at radius 2 is 2.08 bits per heavy atom. The minimum absolute atomic E-state index is 0.207. The summed E-state index contributed by atoms with van der Waals surface area (Å²) in [6, 6.07) is 0. The molecule has 13 heavy (non-hydrogen) atoms. The molecule has 0 fully saturated rings. The molecule has 0 spiro atoms. The van der Waals surface area contributed by atoms with E-state index >= 15 is 0 Å². The SMILES string of the molecule is CCCCCC(NC)SS(=O)(=O)O. The summed E-state index contributed by atoms with van der Waals surface area (Å²) in [4.78, 5) is 0. The van der Waals surface area contributed by atoms with Gasteiger partial charge in [0.25, 0.3) is 0 Å². The van der Waals surface area contributed by atoms with Gasteiger partial charge in [-0.2, -0.15) is 8.42 Å². The van der Waals surface area contributed by atoms with Crippen molar-refractivity contribution in [1.29, 1.82) is 0 Å². The summed E-state index contributed by atoms with van der Waals surface area (Å²) < 4.78 is 29.6. The number of nitrogens with one attached hydrogen (secondary N) is 1. The fourth-order valence-corrected chi connectivity index (χ4v) is 3.08. The molecule has 0 aromatic heterocycles. The van der Waals surface area contributed by atoms with Gasteiger partial charge in [-0.15, -0.1) is 0 Å². The van der Waals surface area contributed by atoms with Gasteiger partial charge in [0, 0.05) is 10.8 Å². The molecule has 0 saturated carbocycles. The Hall–Kier alpha value is 0.220. The second-order valence-electron chi connectivity index (χ2n) is 2.80. The van der Waals surface area contributed by atoms with Crippen LogP contribution in [0.3, 0.4) is 0 Å². The van der Waals surface area contributed by atoms with Crippen LogP contribution in [0.1, 0.15) is 32.6 Å². The standard InChI is InChI=1S/C7H17NO3S2/c1-3-4-5-6-7(8-2)12-13(9,10)11/h7-8H,3-6H2,1-2H3,(H,9,10,11). The maximum absolute atomic E-state index is 10.5. The first kappa shape index (κ1) is 13.2. The van der Waals surface area contributed by atoms with Crippen LogP contribution in [0.25, 0.3) is 0 Å². The zero-order valence-electron chi connectivity index (χ0n) is 7.99. The van der Waals surface area contributed by atoms with Crippen molar-refractivity contribution in [3.63, 3.8) is 0 Å². The van der Waals surface area contributed by atoms with Crippen LogP contribution in [-0.2, 0) is 9.15 Å². The van der Waals surface area contributed by atoms with E-state index in [2.05, 4.69) is 12.2 Å². The highest BCUT2D eigenvalue weighted by Gasteiger charge is 2.15. The predicted octanol–water partition coefficient (Wildman–Crippen LogP) is 1.65. The average molecular weight is 227 g/mol. The van der Waals surface area contributed by atoms with E-state index in [1.807, 2.05) is 0 Å². The molecule has 0 radical (unpaired) electrons. The molecule has 0 heterocycles. The van der Waals surface area contributed by atoms with Crippen LogP contribution in [0.15, 0.2) is 0 Å². The minimum atomic E-state index is -3.92. The number of hydrogen-bond acceptors (Lipinski definition) is 4. The van der Waals surface area contributed by atoms with Gasteiger partial charge in [0.05, 0.1) is 5.37 Å². The van der Waals surface area contributed by atoms with Crippen LogP contribution in [0.2, 0.25) is 0 Å². The highest BCUT2D eigenvalue weighted by Crippen LogP contribution is 2.19. The number of rotatable bonds is 7. The van der Waals surface area contributed by atoms with Gasteiger partial charge in [0.15, 0.2) is 0 Å². The molecule has 0 bridgehead atoms. The van der Waals surface area contributed by atoms with Gasteiger partial charge < -0.3 is 5.32 Å². The number of unbranched alkanes of at least 4 members (excludes halogenated alkanes) is 2. The van der Waals surface area contributed by atoms with E-state index in [0.29, 0.717) is 10.8 Å². The van der Waals surface area contributed by atoms with Crippen LogP contribution >= 0.6 is 10.8 Å². The van der Waals surface area contributed by atoms with Crippen molar-refractivity contribution in [2.45, 2.75) is 38.0 Å². The molecule has 1 atom stereocenters. The van der Waals surface area contributed by atoms with E-state index in [0.717, 1.165) is 25.7 Å². The number of hydrogen-bond donors (Lipinski definition) is 2. The van der Waals surface area contributed by atoms with Crippen LogP contribution in [0.4, 0.5) is 0 Å². The summed E-state index contributed by atoms with van der Waals surface area (Å²) in [7, 11) is -1.66. The van der Waals surface area contributed by atoms with Crippen molar-refractivity contribution in [1.82, 2.24) is 5.32 Å². The van der Waals surface area contributed by atoms with Crippen molar-refractivity contribution < 1.29 is 13.0 Å². The van der Waals surface area contributed by atoms with Gasteiger partial charge in [-0.3, -0.25) is 4.55 Å². The summed E-state index contributed by atoms with van der Waals surface area (Å²) in [6.45, 7) is 2.09. The monoisotopic (exact) mass is 227 g/mol. The normalized spacial score (nSPS) is 14.4. The van der Waals surface area contributed by atoms with Crippen molar-refractivity contribution in [3.05, 3.63) is 0 Å². The average Bonchev–Trinajstić information content (AvgIpc) is 2.01. The first-order chi connectivity index (χ1) is 5.99. The van der Waals surface area contributed by atoms with Gasteiger partial charge in [0.2, 0.25) is 0 Å². The van der Waals surface area contributed by atoms with Gasteiger partial charge in [0.1, 0.15) is 0 Å². The van der Waals surface area contributed by atoms with E-state index in [-0.39, 0.29) is 5.37 Å². The van der Waals surface area contributed by atoms with E-state index in [9.17, 15) is 8.42 Å². The zero-order chi connectivity index (χ0) is 10.3. The Balaban J connectivity index is 3.77. The van der Waals surface area contributed by atoms with Crippen molar-refractivity contribution >= 4 is 19.9 Å². The Labute approximate surface area is 83.6 Å². The smallest absolute Gasteiger partial charge is 0.307 e. The third-order valence-electron chi connectivity index (χ3n) is 1.63. The topological polar surface area (TPSA) is 66.4 Å². The molecule has 4 nitrogen and oxygen atoms in total. The molecule has 1 unspecified atom stereocenters. The van der Waals surface area contributed by atoms with Gasteiger partial charge in [-0.1, -0.05) is 26.2 Å². The molecule has 0 saturated heterocycles. The zero-order valence-corrected chi connectivity index (χ0v) is 9.62. The van der Waals surface area contributed by atoms with Crippen molar-refractivity contribution in [2.24, 2.45) is 0 Å². The molecule has 0 aliphatic heterocycles. The molecular weight excluding hydrogens is 210 g/mol. The predicted molar refractivity (Wildman–Crippen MR) is 56.1 cm³/mol. The van der Waals surface area contributed by atoms with E-state index in [1.54, 1.807) is 7.05 Å². The third kappa shape index (κ3) is 8.55. The van der Waals surface area contributed by atoms with Crippen molar-refractivity contribution in [2.75, 3.05) is 7.05 Å². The lowest BCUT2D eigenvalue weighted by molar-refractivity contribution is 0.501. The molecule has 80 valence electrons.